The molecule has 0 fully saturated rings. The second-order valence-electron chi connectivity index (χ2n) is 4.17. The summed E-state index contributed by atoms with van der Waals surface area (Å²) >= 11 is 0. The van der Waals surface area contributed by atoms with Crippen LogP contribution in [0.25, 0.3) is 0 Å². The molecule has 0 aromatic heterocycles. The molecule has 1 N–H and O–H groups in total. The van der Waals surface area contributed by atoms with E-state index >= 15 is 0 Å². The molecule has 0 aliphatic rings. The van der Waals surface area contributed by atoms with Crippen LogP contribution >= 0.6 is 0 Å². The van der Waals surface area contributed by atoms with E-state index in [1.54, 1.807) is 6.08 Å². The van der Waals surface area contributed by atoms with Gasteiger partial charge in [0.05, 0.1) is 31.8 Å². The number of hydrogen-bond donors (Lipinski definition) is 1. The minimum Gasteiger partial charge on any atom is -0.389 e. The van der Waals surface area contributed by atoms with Crippen LogP contribution in [0.3, 0.4) is 0 Å². The highest BCUT2D eigenvalue weighted by Gasteiger charge is 2.12. The Morgan fingerprint density at radius 3 is 2.79 bits per heavy atom. The molecule has 102 valence electrons. The zero-order valence-corrected chi connectivity index (χ0v) is 11.0. The van der Waals surface area contributed by atoms with Crippen molar-refractivity contribution in [2.24, 2.45) is 0 Å². The summed E-state index contributed by atoms with van der Waals surface area (Å²) in [5, 5.41) is 18.6. The molecular weight excluding hydrogens is 240 g/mol. The first-order chi connectivity index (χ1) is 9.27. The number of hydrogen-bond acceptors (Lipinski definition) is 4. The lowest BCUT2D eigenvalue weighted by Gasteiger charge is -2.26. The standard InChI is InChI=1S/C15H20N2O2/c1-2-11-19-13-15(18)12-17(10-6-9-16)14-7-4-3-5-8-14/h2-5,7-8,15,18H,1,6,10-13H2. The van der Waals surface area contributed by atoms with Crippen LogP contribution in [0.2, 0.25) is 0 Å². The zero-order chi connectivity index (χ0) is 13.9. The lowest BCUT2D eigenvalue weighted by atomic mass is 10.2. The van der Waals surface area contributed by atoms with Crippen molar-refractivity contribution in [2.45, 2.75) is 12.5 Å². The fraction of sp³-hybridized carbons (Fsp3) is 0.400. The van der Waals surface area contributed by atoms with Crippen LogP contribution in [0.1, 0.15) is 6.42 Å². The van der Waals surface area contributed by atoms with Crippen molar-refractivity contribution in [3.63, 3.8) is 0 Å². The number of nitriles is 1. The van der Waals surface area contributed by atoms with Gasteiger partial charge in [-0.3, -0.25) is 0 Å². The van der Waals surface area contributed by atoms with Crippen LogP contribution in [0, 0.1) is 11.3 Å². The van der Waals surface area contributed by atoms with Gasteiger partial charge >= 0.3 is 0 Å². The van der Waals surface area contributed by atoms with E-state index in [1.165, 1.54) is 0 Å². The van der Waals surface area contributed by atoms with E-state index in [0.717, 1.165) is 5.69 Å². The minimum atomic E-state index is -0.584. The predicted octanol–water partition coefficient (Wildman–Crippen LogP) is 1.97. The molecule has 1 aromatic carbocycles. The summed E-state index contributed by atoms with van der Waals surface area (Å²) in [4.78, 5) is 1.99. The molecule has 0 amide bonds. The molecule has 0 saturated heterocycles. The summed E-state index contributed by atoms with van der Waals surface area (Å²) in [6.07, 6.45) is 1.49. The van der Waals surface area contributed by atoms with Crippen molar-refractivity contribution in [1.82, 2.24) is 0 Å². The predicted molar refractivity (Wildman–Crippen MR) is 75.9 cm³/mol. The largest absolute Gasteiger partial charge is 0.389 e. The first-order valence-electron chi connectivity index (χ1n) is 6.31. The van der Waals surface area contributed by atoms with E-state index in [-0.39, 0.29) is 6.61 Å². The van der Waals surface area contributed by atoms with Crippen LogP contribution in [-0.4, -0.2) is 37.5 Å². The Labute approximate surface area is 114 Å². The second kappa shape index (κ2) is 9.15. The van der Waals surface area contributed by atoms with Crippen molar-refractivity contribution < 1.29 is 9.84 Å². The lowest BCUT2D eigenvalue weighted by molar-refractivity contribution is 0.0532. The first-order valence-corrected chi connectivity index (χ1v) is 6.31. The Balaban J connectivity index is 2.55. The lowest BCUT2D eigenvalue weighted by Crippen LogP contribution is -2.35. The number of benzene rings is 1. The average Bonchev–Trinajstić information content (AvgIpc) is 2.44. The number of nitrogens with zero attached hydrogens (tertiary/aromatic N) is 2. The molecule has 0 aliphatic carbocycles. The molecule has 1 aromatic rings. The molecule has 4 heteroatoms. The SMILES string of the molecule is C=CCOCC(O)CN(CCC#N)c1ccccc1. The number of rotatable bonds is 9. The van der Waals surface area contributed by atoms with Gasteiger partial charge in [0.2, 0.25) is 0 Å². The Hall–Kier alpha value is -1.83. The smallest absolute Gasteiger partial charge is 0.0948 e. The third-order valence-corrected chi connectivity index (χ3v) is 2.59. The Morgan fingerprint density at radius 2 is 2.16 bits per heavy atom. The summed E-state index contributed by atoms with van der Waals surface area (Å²) in [5.74, 6) is 0. The highest BCUT2D eigenvalue weighted by Crippen LogP contribution is 2.14. The minimum absolute atomic E-state index is 0.266. The summed E-state index contributed by atoms with van der Waals surface area (Å²) in [6, 6.07) is 11.9. The van der Waals surface area contributed by atoms with E-state index in [4.69, 9.17) is 10.00 Å². The van der Waals surface area contributed by atoms with E-state index in [0.29, 0.717) is 26.1 Å². The molecule has 4 nitrogen and oxygen atoms in total. The third kappa shape index (κ3) is 6.05. The van der Waals surface area contributed by atoms with Gasteiger partial charge in [0.1, 0.15) is 0 Å². The molecule has 1 atom stereocenters. The maximum Gasteiger partial charge on any atom is 0.0948 e. The molecule has 1 unspecified atom stereocenters. The van der Waals surface area contributed by atoms with E-state index < -0.39 is 6.10 Å². The normalized spacial score (nSPS) is 11.6. The molecule has 0 aliphatic heterocycles. The van der Waals surface area contributed by atoms with E-state index in [1.807, 2.05) is 35.2 Å². The maximum absolute atomic E-state index is 9.92. The Morgan fingerprint density at radius 1 is 1.42 bits per heavy atom. The highest BCUT2D eigenvalue weighted by molar-refractivity contribution is 5.46. The molecule has 19 heavy (non-hydrogen) atoms. The van der Waals surface area contributed by atoms with Crippen molar-refractivity contribution in [3.05, 3.63) is 43.0 Å². The van der Waals surface area contributed by atoms with Crippen LogP contribution in [0.15, 0.2) is 43.0 Å². The van der Waals surface area contributed by atoms with Gasteiger partial charge in [-0.25, -0.2) is 0 Å². The Kier molecular flexibility index (Phi) is 7.33. The van der Waals surface area contributed by atoms with E-state index in [9.17, 15) is 5.11 Å². The second-order valence-corrected chi connectivity index (χ2v) is 4.17. The van der Waals surface area contributed by atoms with Gasteiger partial charge in [0.15, 0.2) is 0 Å². The van der Waals surface area contributed by atoms with E-state index in [2.05, 4.69) is 12.6 Å². The topological polar surface area (TPSA) is 56.5 Å². The van der Waals surface area contributed by atoms with Crippen molar-refractivity contribution >= 4 is 5.69 Å². The van der Waals surface area contributed by atoms with Crippen LogP contribution in [0.4, 0.5) is 5.69 Å². The molecule has 0 heterocycles. The number of para-hydroxylation sites is 1. The van der Waals surface area contributed by atoms with Crippen LogP contribution < -0.4 is 4.90 Å². The number of ether oxygens (including phenoxy) is 1. The van der Waals surface area contributed by atoms with Gasteiger partial charge in [0.25, 0.3) is 0 Å². The molecule has 0 saturated carbocycles. The number of aliphatic hydroxyl groups is 1. The van der Waals surface area contributed by atoms with Gasteiger partial charge in [-0.05, 0) is 12.1 Å². The van der Waals surface area contributed by atoms with Gasteiger partial charge in [-0.1, -0.05) is 24.3 Å². The van der Waals surface area contributed by atoms with Gasteiger partial charge < -0.3 is 14.7 Å². The monoisotopic (exact) mass is 260 g/mol. The highest BCUT2D eigenvalue weighted by atomic mass is 16.5. The molecule has 0 bridgehead atoms. The molecule has 1 rings (SSSR count). The third-order valence-electron chi connectivity index (χ3n) is 2.59. The summed E-state index contributed by atoms with van der Waals surface area (Å²) in [7, 11) is 0. The van der Waals surface area contributed by atoms with Crippen molar-refractivity contribution in [2.75, 3.05) is 31.2 Å². The molecule has 0 radical (unpaired) electrons. The summed E-state index contributed by atoms with van der Waals surface area (Å²) in [5.41, 5.74) is 1.00. The molecule has 0 spiro atoms. The molecular formula is C15H20N2O2. The fourth-order valence-corrected chi connectivity index (χ4v) is 1.74. The average molecular weight is 260 g/mol. The van der Waals surface area contributed by atoms with Crippen molar-refractivity contribution in [3.8, 4) is 6.07 Å². The number of aliphatic hydroxyl groups excluding tert-OH is 1. The number of anilines is 1. The summed E-state index contributed by atoms with van der Waals surface area (Å²) in [6.45, 7) is 5.29. The Bertz CT molecular complexity index is 400. The summed E-state index contributed by atoms with van der Waals surface area (Å²) < 4.78 is 5.23. The first kappa shape index (κ1) is 15.2. The fourth-order valence-electron chi connectivity index (χ4n) is 1.74. The van der Waals surface area contributed by atoms with Gasteiger partial charge in [-0.2, -0.15) is 5.26 Å². The van der Waals surface area contributed by atoms with Crippen LogP contribution in [-0.2, 0) is 4.74 Å². The maximum atomic E-state index is 9.92. The van der Waals surface area contributed by atoms with Gasteiger partial charge in [-0.15, -0.1) is 6.58 Å². The van der Waals surface area contributed by atoms with Crippen LogP contribution in [0.5, 0.6) is 0 Å². The quantitative estimate of drug-likeness (QED) is 0.545. The zero-order valence-electron chi connectivity index (χ0n) is 11.0. The van der Waals surface area contributed by atoms with Gasteiger partial charge in [0, 0.05) is 18.8 Å². The van der Waals surface area contributed by atoms with Crippen molar-refractivity contribution in [1.29, 1.82) is 5.26 Å².